The topological polar surface area (TPSA) is 0 Å². The fourth-order valence-corrected chi connectivity index (χ4v) is 7.01. The quantitative estimate of drug-likeness (QED) is 0.153. The van der Waals surface area contributed by atoms with Crippen LogP contribution in [0.3, 0.4) is 0 Å². The van der Waals surface area contributed by atoms with Crippen LogP contribution in [0.15, 0.2) is 24.3 Å². The van der Waals surface area contributed by atoms with E-state index in [1.165, 1.54) is 102 Å². The molecule has 0 spiro atoms. The summed E-state index contributed by atoms with van der Waals surface area (Å²) >= 11 is 0. The Kier molecular flexibility index (Phi) is 10.7. The number of benzene rings is 2. The Morgan fingerprint density at radius 3 is 1.42 bits per heavy atom. The third-order valence-electron chi connectivity index (χ3n) is 9.32. The molecule has 0 amide bonds. The molecule has 2 fully saturated rings. The molecule has 4 rings (SSSR count). The molecule has 2 saturated carbocycles. The molecule has 0 nitrogen and oxygen atoms in total. The Balaban J connectivity index is 1.16. The van der Waals surface area contributed by atoms with E-state index in [1.807, 2.05) is 0 Å². The summed E-state index contributed by atoms with van der Waals surface area (Å²) in [6, 6.07) is 3.71. The van der Waals surface area contributed by atoms with Crippen LogP contribution in [0.2, 0.25) is 0 Å². The molecule has 0 aromatic heterocycles. The van der Waals surface area contributed by atoms with Crippen LogP contribution in [-0.4, -0.2) is 0 Å². The summed E-state index contributed by atoms with van der Waals surface area (Å²) in [6.07, 6.45) is 20.2. The molecule has 0 N–H and O–H groups in total. The summed E-state index contributed by atoms with van der Waals surface area (Å²) in [7, 11) is 0. The summed E-state index contributed by atoms with van der Waals surface area (Å²) in [5.41, 5.74) is -0.338. The number of unbranched alkanes of at least 4 members (excludes halogenated alkanes) is 1. The minimum Gasteiger partial charge on any atom is -0.206 e. The fourth-order valence-electron chi connectivity index (χ4n) is 7.01. The van der Waals surface area contributed by atoms with Gasteiger partial charge in [-0.3, -0.25) is 0 Å². The zero-order valence-corrected chi connectivity index (χ0v) is 22.8. The lowest BCUT2D eigenvalue weighted by molar-refractivity contribution is 0.233. The van der Waals surface area contributed by atoms with Crippen molar-refractivity contribution in [2.75, 3.05) is 0 Å². The van der Waals surface area contributed by atoms with Crippen molar-refractivity contribution in [2.24, 2.45) is 23.7 Å². The van der Waals surface area contributed by atoms with Crippen LogP contribution in [0.4, 0.5) is 22.0 Å². The first-order valence-electron chi connectivity index (χ1n) is 15.0. The van der Waals surface area contributed by atoms with Crippen LogP contribution in [0.1, 0.15) is 109 Å². The van der Waals surface area contributed by atoms with Gasteiger partial charge in [0.1, 0.15) is 11.6 Å². The molecule has 0 aliphatic heterocycles. The summed E-state index contributed by atoms with van der Waals surface area (Å²) in [5.74, 6) is -3.03. The van der Waals surface area contributed by atoms with Crippen molar-refractivity contribution < 1.29 is 22.0 Å². The summed E-state index contributed by atoms with van der Waals surface area (Å²) in [6.45, 7) is 2.30. The van der Waals surface area contributed by atoms with Crippen molar-refractivity contribution in [3.63, 3.8) is 0 Å². The maximum Gasteiger partial charge on any atom is 0.194 e. The molecule has 0 heterocycles. The Bertz CT molecular complexity index is 986. The van der Waals surface area contributed by atoms with E-state index in [0.717, 1.165) is 24.2 Å². The minimum absolute atomic E-state index is 0.347. The first-order chi connectivity index (χ1) is 18.3. The van der Waals surface area contributed by atoms with Gasteiger partial charge in [0.2, 0.25) is 0 Å². The lowest BCUT2D eigenvalue weighted by Crippen LogP contribution is -2.16. The minimum atomic E-state index is -1.65. The summed E-state index contributed by atoms with van der Waals surface area (Å²) in [5, 5.41) is 0. The van der Waals surface area contributed by atoms with E-state index in [2.05, 4.69) is 6.92 Å². The highest BCUT2D eigenvalue weighted by atomic mass is 19.2. The van der Waals surface area contributed by atoms with Gasteiger partial charge in [-0.1, -0.05) is 96.8 Å². The molecule has 0 unspecified atom stereocenters. The van der Waals surface area contributed by atoms with Gasteiger partial charge in [-0.15, -0.1) is 0 Å². The van der Waals surface area contributed by atoms with Gasteiger partial charge in [0.15, 0.2) is 17.5 Å². The normalized spacial score (nSPS) is 24.1. The van der Waals surface area contributed by atoms with Crippen molar-refractivity contribution in [3.05, 3.63) is 58.9 Å². The van der Waals surface area contributed by atoms with E-state index < -0.39 is 34.6 Å². The number of aryl methyl sites for hydroxylation is 1. The largest absolute Gasteiger partial charge is 0.206 e. The number of hydrogen-bond acceptors (Lipinski definition) is 0. The van der Waals surface area contributed by atoms with Gasteiger partial charge in [0.05, 0.1) is 5.56 Å². The van der Waals surface area contributed by atoms with E-state index >= 15 is 0 Å². The van der Waals surface area contributed by atoms with Crippen LogP contribution in [-0.2, 0) is 6.42 Å². The van der Waals surface area contributed by atoms with Crippen molar-refractivity contribution in [3.8, 4) is 11.1 Å². The maximum absolute atomic E-state index is 14.7. The molecule has 0 radical (unpaired) electrons. The van der Waals surface area contributed by atoms with Crippen molar-refractivity contribution in [1.29, 1.82) is 0 Å². The highest BCUT2D eigenvalue weighted by Gasteiger charge is 2.23. The van der Waals surface area contributed by atoms with E-state index in [4.69, 9.17) is 0 Å². The molecule has 2 aliphatic rings. The van der Waals surface area contributed by atoms with Gasteiger partial charge in [-0.25, -0.2) is 22.0 Å². The Morgan fingerprint density at radius 1 is 0.553 bits per heavy atom. The van der Waals surface area contributed by atoms with Crippen LogP contribution in [0, 0.1) is 52.8 Å². The molecular weight excluding hydrogens is 491 g/mol. The van der Waals surface area contributed by atoms with Gasteiger partial charge < -0.3 is 0 Å². The Morgan fingerprint density at radius 2 is 0.974 bits per heavy atom. The fraction of sp³-hybridized carbons (Fsp3) is 0.636. The number of rotatable bonds is 11. The van der Waals surface area contributed by atoms with E-state index in [1.54, 1.807) is 0 Å². The Hall–Kier alpha value is -1.91. The van der Waals surface area contributed by atoms with Crippen LogP contribution in [0.25, 0.3) is 11.1 Å². The highest BCUT2D eigenvalue weighted by Crippen LogP contribution is 2.37. The van der Waals surface area contributed by atoms with Crippen LogP contribution >= 0.6 is 0 Å². The first-order valence-corrected chi connectivity index (χ1v) is 15.0. The second-order valence-electron chi connectivity index (χ2n) is 12.1. The van der Waals surface area contributed by atoms with Gasteiger partial charge in [0, 0.05) is 0 Å². The molecule has 5 heteroatoms. The zero-order chi connectivity index (χ0) is 27.1. The summed E-state index contributed by atoms with van der Waals surface area (Å²) in [4.78, 5) is 0. The van der Waals surface area contributed by atoms with E-state index in [0.29, 0.717) is 30.0 Å². The molecule has 0 atom stereocenters. The van der Waals surface area contributed by atoms with Crippen molar-refractivity contribution in [2.45, 2.75) is 110 Å². The molecule has 0 saturated heterocycles. The number of hydrogen-bond donors (Lipinski definition) is 0. The molecule has 2 aliphatic carbocycles. The second kappa shape index (κ2) is 13.9. The van der Waals surface area contributed by atoms with Crippen molar-refractivity contribution in [1.82, 2.24) is 0 Å². The van der Waals surface area contributed by atoms with Crippen molar-refractivity contribution >= 4 is 0 Å². The molecule has 210 valence electrons. The lowest BCUT2D eigenvalue weighted by Gasteiger charge is -2.30. The predicted molar refractivity (Wildman–Crippen MR) is 144 cm³/mol. The van der Waals surface area contributed by atoms with E-state index in [9.17, 15) is 22.0 Å². The highest BCUT2D eigenvalue weighted by molar-refractivity contribution is 5.65. The average Bonchev–Trinajstić information content (AvgIpc) is 2.90. The predicted octanol–water partition coefficient (Wildman–Crippen LogP) is 11.0. The van der Waals surface area contributed by atoms with Gasteiger partial charge >= 0.3 is 0 Å². The van der Waals surface area contributed by atoms with E-state index in [-0.39, 0.29) is 5.56 Å². The third kappa shape index (κ3) is 7.82. The van der Waals surface area contributed by atoms with Gasteiger partial charge in [-0.2, -0.15) is 0 Å². The molecule has 2 aromatic rings. The lowest BCUT2D eigenvalue weighted by atomic mass is 9.76. The SMILES string of the molecule is CCCC1CCC(CCCCC2CCC(CCc3cc(F)c(-c4cc(F)c(F)c(F)c4)c(F)c3)CC2)CC1. The summed E-state index contributed by atoms with van der Waals surface area (Å²) < 4.78 is 69.8. The van der Waals surface area contributed by atoms with Gasteiger partial charge in [-0.05, 0) is 71.9 Å². The third-order valence-corrected chi connectivity index (χ3v) is 9.32. The monoisotopic (exact) mass is 534 g/mol. The Labute approximate surface area is 225 Å². The smallest absolute Gasteiger partial charge is 0.194 e. The number of halogens is 5. The van der Waals surface area contributed by atoms with Gasteiger partial charge in [0.25, 0.3) is 0 Å². The second-order valence-corrected chi connectivity index (χ2v) is 12.1. The standard InChI is InChI=1S/C33H43F5/c1-2-5-22-8-10-23(11-9-22)6-3-4-7-24-12-14-25(15-13-24)16-17-26-18-28(34)32(29(35)19-26)27-20-30(36)33(38)31(37)21-27/h18-25H,2-17H2,1H3. The zero-order valence-electron chi connectivity index (χ0n) is 22.8. The van der Waals surface area contributed by atoms with Crippen LogP contribution in [0.5, 0.6) is 0 Å². The average molecular weight is 535 g/mol. The molecule has 2 aromatic carbocycles. The molecule has 0 bridgehead atoms. The van der Waals surface area contributed by atoms with Crippen LogP contribution < -0.4 is 0 Å². The first kappa shape index (κ1) is 29.1. The maximum atomic E-state index is 14.7. The molecular formula is C33H43F5. The molecule has 38 heavy (non-hydrogen) atoms.